The Bertz CT molecular complexity index is 890. The number of nitrogens with zero attached hydrogens (tertiary/aromatic N) is 4. The largest absolute Gasteiger partial charge is 0.490 e. The first-order valence-corrected chi connectivity index (χ1v) is 11.6. The van der Waals surface area contributed by atoms with Crippen molar-refractivity contribution in [1.29, 1.82) is 0 Å². The Balaban J connectivity index is 0.000000426. The average Bonchev–Trinajstić information content (AvgIpc) is 2.96. The number of rotatable bonds is 5. The maximum atomic E-state index is 12.4. The van der Waals surface area contributed by atoms with Crippen molar-refractivity contribution in [3.63, 3.8) is 0 Å². The van der Waals surface area contributed by atoms with Crippen LogP contribution in [0.4, 0.5) is 26.3 Å². The van der Waals surface area contributed by atoms with E-state index < -0.39 is 24.3 Å². The lowest BCUT2D eigenvalue weighted by molar-refractivity contribution is -0.193. The zero-order valence-electron chi connectivity index (χ0n) is 21.1. The first-order chi connectivity index (χ1) is 17.5. The van der Waals surface area contributed by atoms with Gasteiger partial charge >= 0.3 is 24.3 Å². The van der Waals surface area contributed by atoms with Crippen LogP contribution in [-0.2, 0) is 20.9 Å². The number of carboxylic acids is 2. The number of carbonyl (C=O) groups excluding carboxylic acids is 1. The molecule has 2 aliphatic rings. The minimum absolute atomic E-state index is 0.108. The Morgan fingerprint density at radius 3 is 2.08 bits per heavy atom. The Hall–Kier alpha value is -2.94. The number of amides is 1. The van der Waals surface area contributed by atoms with Crippen molar-refractivity contribution in [3.05, 3.63) is 30.1 Å². The molecule has 1 spiro atoms. The van der Waals surface area contributed by atoms with Crippen molar-refractivity contribution in [3.8, 4) is 0 Å². The number of hydrogen-bond acceptors (Lipinski definition) is 6. The first-order valence-electron chi connectivity index (χ1n) is 11.6. The highest BCUT2D eigenvalue weighted by molar-refractivity contribution is 5.79. The van der Waals surface area contributed by atoms with Crippen molar-refractivity contribution in [1.82, 2.24) is 19.7 Å². The molecule has 2 aliphatic heterocycles. The zero-order chi connectivity index (χ0) is 29.1. The van der Waals surface area contributed by atoms with Crippen molar-refractivity contribution in [2.75, 3.05) is 40.3 Å². The highest BCUT2D eigenvalue weighted by Gasteiger charge is 2.45. The number of carbonyl (C=O) groups is 3. The van der Waals surface area contributed by atoms with Gasteiger partial charge in [0.2, 0.25) is 5.91 Å². The molecular weight excluding hydrogens is 526 g/mol. The number of aliphatic carboxylic acids is 2. The molecule has 1 atom stereocenters. The van der Waals surface area contributed by atoms with E-state index in [2.05, 4.69) is 39.8 Å². The van der Waals surface area contributed by atoms with Crippen LogP contribution < -0.4 is 0 Å². The van der Waals surface area contributed by atoms with Gasteiger partial charge in [-0.15, -0.1) is 0 Å². The second-order valence-corrected chi connectivity index (χ2v) is 9.17. The number of aromatic nitrogens is 1. The lowest BCUT2D eigenvalue weighted by Gasteiger charge is -2.39. The maximum absolute atomic E-state index is 12.4. The Kier molecular flexibility index (Phi) is 12.4. The second-order valence-electron chi connectivity index (χ2n) is 9.17. The molecule has 1 unspecified atom stereocenters. The van der Waals surface area contributed by atoms with E-state index in [9.17, 15) is 31.1 Å². The fourth-order valence-electron chi connectivity index (χ4n) is 4.20. The number of likely N-dealkylation sites (N-methyl/N-ethyl adjacent to an activating group) is 1. The SMILES string of the molecule is CN(C)CCN1C(=O)CCC12CCCN(Cc1cccnc1)CC2.O=C(O)C(F)(F)F.O=C(O)C(F)(F)F. The minimum Gasteiger partial charge on any atom is -0.475 e. The van der Waals surface area contributed by atoms with Crippen LogP contribution in [0.2, 0.25) is 0 Å². The predicted octanol–water partition coefficient (Wildman–Crippen LogP) is 3.26. The number of hydrogen-bond donors (Lipinski definition) is 2. The summed E-state index contributed by atoms with van der Waals surface area (Å²) in [6, 6.07) is 4.16. The first kappa shape index (κ1) is 33.1. The lowest BCUT2D eigenvalue weighted by atomic mass is 9.87. The van der Waals surface area contributed by atoms with Gasteiger partial charge in [0.25, 0.3) is 0 Å². The molecule has 9 nitrogen and oxygen atoms in total. The maximum Gasteiger partial charge on any atom is 0.490 e. The van der Waals surface area contributed by atoms with Crippen LogP contribution in [0.3, 0.4) is 0 Å². The summed E-state index contributed by atoms with van der Waals surface area (Å²) < 4.78 is 63.5. The van der Waals surface area contributed by atoms with Crippen molar-refractivity contribution >= 4 is 17.8 Å². The summed E-state index contributed by atoms with van der Waals surface area (Å²) in [5.74, 6) is -5.16. The van der Waals surface area contributed by atoms with E-state index in [0.29, 0.717) is 5.91 Å². The number of likely N-dealkylation sites (tertiary alicyclic amines) is 2. The molecule has 1 aromatic rings. The Morgan fingerprint density at radius 2 is 1.61 bits per heavy atom. The summed E-state index contributed by atoms with van der Waals surface area (Å²) in [6.45, 7) is 4.98. The molecule has 38 heavy (non-hydrogen) atoms. The number of pyridine rings is 1. The van der Waals surface area contributed by atoms with Crippen LogP contribution in [0, 0.1) is 0 Å². The summed E-state index contributed by atoms with van der Waals surface area (Å²) in [5.41, 5.74) is 1.39. The Morgan fingerprint density at radius 1 is 1.03 bits per heavy atom. The molecule has 2 fully saturated rings. The van der Waals surface area contributed by atoms with E-state index in [0.717, 1.165) is 58.4 Å². The van der Waals surface area contributed by atoms with E-state index in [1.54, 1.807) is 0 Å². The molecule has 2 saturated heterocycles. The van der Waals surface area contributed by atoms with Gasteiger partial charge in [0.1, 0.15) is 0 Å². The van der Waals surface area contributed by atoms with Crippen molar-refractivity contribution in [2.45, 2.75) is 56.5 Å². The molecule has 0 aromatic carbocycles. The topological polar surface area (TPSA) is 114 Å². The van der Waals surface area contributed by atoms with Gasteiger partial charge in [-0.3, -0.25) is 14.7 Å². The third kappa shape index (κ3) is 11.2. The van der Waals surface area contributed by atoms with Crippen molar-refractivity contribution < 1.29 is 50.9 Å². The summed E-state index contributed by atoms with van der Waals surface area (Å²) >= 11 is 0. The molecule has 1 amide bonds. The molecule has 15 heteroatoms. The summed E-state index contributed by atoms with van der Waals surface area (Å²) in [6.07, 6.45) is -1.18. The molecule has 0 bridgehead atoms. The quantitative estimate of drug-likeness (QED) is 0.530. The molecule has 1 aromatic heterocycles. The fourth-order valence-corrected chi connectivity index (χ4v) is 4.20. The average molecular weight is 559 g/mol. The predicted molar refractivity (Wildman–Crippen MR) is 123 cm³/mol. The number of carboxylic acid groups (broad SMARTS) is 2. The highest BCUT2D eigenvalue weighted by Crippen LogP contribution is 2.39. The summed E-state index contributed by atoms with van der Waals surface area (Å²) in [4.78, 5) is 41.4. The van der Waals surface area contributed by atoms with Gasteiger partial charge in [-0.2, -0.15) is 26.3 Å². The van der Waals surface area contributed by atoms with E-state index in [1.165, 1.54) is 12.0 Å². The molecule has 3 heterocycles. The molecule has 3 rings (SSSR count). The third-order valence-corrected chi connectivity index (χ3v) is 6.07. The van der Waals surface area contributed by atoms with Crippen LogP contribution in [0.15, 0.2) is 24.5 Å². The number of alkyl halides is 6. The van der Waals surface area contributed by atoms with E-state index >= 15 is 0 Å². The van der Waals surface area contributed by atoms with Crippen LogP contribution in [0.5, 0.6) is 0 Å². The standard InChI is InChI=1S/C19H30N4O.2C2HF3O2/c1-21(2)13-14-23-18(24)6-8-19(23)7-4-11-22(12-9-19)16-17-5-3-10-20-15-17;2*3-2(4,5)1(6)7/h3,5,10,15H,4,6-9,11-14,16H2,1-2H3;2*(H,6,7). The van der Waals surface area contributed by atoms with Crippen LogP contribution in [-0.4, -0.2) is 106 Å². The van der Waals surface area contributed by atoms with Gasteiger partial charge in [0, 0.05) is 50.5 Å². The van der Waals surface area contributed by atoms with Gasteiger partial charge < -0.3 is 20.0 Å². The van der Waals surface area contributed by atoms with E-state index in [4.69, 9.17) is 19.8 Å². The molecule has 216 valence electrons. The molecule has 2 N–H and O–H groups in total. The summed E-state index contributed by atoms with van der Waals surface area (Å²) in [5, 5.41) is 14.2. The molecule has 0 saturated carbocycles. The normalized spacial score (nSPS) is 20.3. The second kappa shape index (κ2) is 14.3. The monoisotopic (exact) mass is 558 g/mol. The molecule has 0 aliphatic carbocycles. The van der Waals surface area contributed by atoms with Gasteiger partial charge in [0.15, 0.2) is 0 Å². The fraction of sp³-hybridized carbons (Fsp3) is 0.652. The zero-order valence-corrected chi connectivity index (χ0v) is 21.1. The van der Waals surface area contributed by atoms with Crippen molar-refractivity contribution in [2.24, 2.45) is 0 Å². The third-order valence-electron chi connectivity index (χ3n) is 6.07. The van der Waals surface area contributed by atoms with Gasteiger partial charge in [-0.05, 0) is 58.0 Å². The summed E-state index contributed by atoms with van der Waals surface area (Å²) in [7, 11) is 4.16. The van der Waals surface area contributed by atoms with Gasteiger partial charge in [-0.1, -0.05) is 6.07 Å². The van der Waals surface area contributed by atoms with E-state index in [1.807, 2.05) is 18.5 Å². The van der Waals surface area contributed by atoms with Crippen LogP contribution in [0.25, 0.3) is 0 Å². The number of halogens is 6. The molecular formula is C23H32F6N4O5. The highest BCUT2D eigenvalue weighted by atomic mass is 19.4. The van der Waals surface area contributed by atoms with Crippen LogP contribution >= 0.6 is 0 Å². The van der Waals surface area contributed by atoms with Gasteiger partial charge in [0.05, 0.1) is 0 Å². The molecule has 0 radical (unpaired) electrons. The van der Waals surface area contributed by atoms with E-state index in [-0.39, 0.29) is 5.54 Å². The Labute approximate surface area is 216 Å². The smallest absolute Gasteiger partial charge is 0.475 e. The lowest BCUT2D eigenvalue weighted by Crippen LogP contribution is -2.48. The van der Waals surface area contributed by atoms with Gasteiger partial charge in [-0.25, -0.2) is 9.59 Å². The van der Waals surface area contributed by atoms with Crippen LogP contribution in [0.1, 0.15) is 37.7 Å². The minimum atomic E-state index is -5.08.